The number of nitrogens with zero attached hydrogens (tertiary/aromatic N) is 2. The molecule has 0 unspecified atom stereocenters. The van der Waals surface area contributed by atoms with Crippen LogP contribution in [0.15, 0.2) is 29.6 Å². The zero-order valence-electron chi connectivity index (χ0n) is 14.0. The summed E-state index contributed by atoms with van der Waals surface area (Å²) < 4.78 is 0. The number of carbonyl (C=O) groups excluding carboxylic acids is 2. The molecule has 0 radical (unpaired) electrons. The maximum Gasteiger partial charge on any atom is 0.226 e. The molecule has 3 rings (SSSR count). The number of hydrogen-bond acceptors (Lipinski definition) is 4. The van der Waals surface area contributed by atoms with Crippen molar-refractivity contribution in [2.24, 2.45) is 0 Å². The summed E-state index contributed by atoms with van der Waals surface area (Å²) in [4.78, 5) is 29.9. The number of hydrogen-bond donors (Lipinski definition) is 1. The van der Waals surface area contributed by atoms with Gasteiger partial charge in [-0.2, -0.15) is 0 Å². The van der Waals surface area contributed by atoms with Crippen LogP contribution in [0.2, 0.25) is 5.02 Å². The highest BCUT2D eigenvalue weighted by molar-refractivity contribution is 7.13. The maximum absolute atomic E-state index is 12.3. The summed E-state index contributed by atoms with van der Waals surface area (Å²) in [5, 5.41) is 6.43. The van der Waals surface area contributed by atoms with E-state index in [2.05, 4.69) is 10.3 Å². The van der Waals surface area contributed by atoms with E-state index in [1.165, 1.54) is 11.3 Å². The Morgan fingerprint density at radius 3 is 2.72 bits per heavy atom. The number of nitrogens with one attached hydrogen (secondary N) is 1. The molecule has 1 fully saturated rings. The van der Waals surface area contributed by atoms with Gasteiger partial charge in [0.15, 0.2) is 0 Å². The van der Waals surface area contributed by atoms with E-state index in [0.29, 0.717) is 18.1 Å². The van der Waals surface area contributed by atoms with Gasteiger partial charge in [-0.3, -0.25) is 9.59 Å². The fourth-order valence-corrected chi connectivity index (χ4v) is 4.07. The topological polar surface area (TPSA) is 62.3 Å². The first-order valence-electron chi connectivity index (χ1n) is 8.27. The summed E-state index contributed by atoms with van der Waals surface area (Å²) in [7, 11) is 0. The highest BCUT2D eigenvalue weighted by Crippen LogP contribution is 2.30. The smallest absolute Gasteiger partial charge is 0.226 e. The van der Waals surface area contributed by atoms with Crippen LogP contribution < -0.4 is 5.32 Å². The van der Waals surface area contributed by atoms with Gasteiger partial charge in [-0.25, -0.2) is 4.98 Å². The first kappa shape index (κ1) is 17.9. The van der Waals surface area contributed by atoms with Crippen LogP contribution in [-0.2, 0) is 16.0 Å². The van der Waals surface area contributed by atoms with Gasteiger partial charge in [-0.1, -0.05) is 29.8 Å². The Morgan fingerprint density at radius 1 is 1.32 bits per heavy atom. The Kier molecular flexibility index (Phi) is 5.71. The molecule has 7 heteroatoms. The van der Waals surface area contributed by atoms with Gasteiger partial charge in [0.1, 0.15) is 5.01 Å². The van der Waals surface area contributed by atoms with E-state index in [9.17, 15) is 9.59 Å². The number of thiazole rings is 1. The molecule has 1 aromatic heterocycles. The van der Waals surface area contributed by atoms with Crippen LogP contribution in [0, 0.1) is 0 Å². The molecule has 0 spiro atoms. The van der Waals surface area contributed by atoms with Crippen molar-refractivity contribution in [3.05, 3.63) is 40.4 Å². The minimum Gasteiger partial charge on any atom is -0.353 e. The predicted octanol–water partition coefficient (Wildman–Crippen LogP) is 3.13. The third-order valence-corrected chi connectivity index (χ3v) is 5.56. The molecule has 0 atom stereocenters. The standard InChI is InChI=1S/C18H20ClN3O2S/c1-12(23)22-8-6-13(7-9-22)20-17(24)10-14-11-25-18(21-14)15-4-2-3-5-16(15)19/h2-5,11,13H,6-10H2,1H3,(H,20,24). The zero-order chi connectivity index (χ0) is 17.8. The zero-order valence-corrected chi connectivity index (χ0v) is 15.6. The SMILES string of the molecule is CC(=O)N1CCC(NC(=O)Cc2csc(-c3ccccc3Cl)n2)CC1. The van der Waals surface area contributed by atoms with E-state index in [0.717, 1.165) is 29.1 Å². The van der Waals surface area contributed by atoms with Crippen LogP contribution >= 0.6 is 22.9 Å². The second-order valence-electron chi connectivity index (χ2n) is 6.15. The lowest BCUT2D eigenvalue weighted by Gasteiger charge is -2.31. The van der Waals surface area contributed by atoms with Crippen molar-refractivity contribution in [1.82, 2.24) is 15.2 Å². The van der Waals surface area contributed by atoms with Crippen molar-refractivity contribution in [1.29, 1.82) is 0 Å². The lowest BCUT2D eigenvalue weighted by Crippen LogP contribution is -2.46. The number of halogens is 1. The molecule has 25 heavy (non-hydrogen) atoms. The largest absolute Gasteiger partial charge is 0.353 e. The Labute approximate surface area is 156 Å². The third-order valence-electron chi connectivity index (χ3n) is 4.30. The molecule has 1 aromatic carbocycles. The molecular formula is C18H20ClN3O2S. The second-order valence-corrected chi connectivity index (χ2v) is 7.41. The first-order chi connectivity index (χ1) is 12.0. The molecule has 1 saturated heterocycles. The van der Waals surface area contributed by atoms with Gasteiger partial charge in [0.2, 0.25) is 11.8 Å². The van der Waals surface area contributed by atoms with Crippen LogP contribution in [0.25, 0.3) is 10.6 Å². The Bertz CT molecular complexity index is 769. The number of rotatable bonds is 4. The Morgan fingerprint density at radius 2 is 2.04 bits per heavy atom. The lowest BCUT2D eigenvalue weighted by atomic mass is 10.0. The number of piperidine rings is 1. The number of benzene rings is 1. The van der Waals surface area contributed by atoms with Crippen molar-refractivity contribution < 1.29 is 9.59 Å². The van der Waals surface area contributed by atoms with E-state index >= 15 is 0 Å². The molecular weight excluding hydrogens is 358 g/mol. The van der Waals surface area contributed by atoms with E-state index in [-0.39, 0.29) is 24.3 Å². The van der Waals surface area contributed by atoms with Crippen molar-refractivity contribution >= 4 is 34.8 Å². The molecule has 132 valence electrons. The minimum absolute atomic E-state index is 0.0303. The molecule has 1 N–H and O–H groups in total. The summed E-state index contributed by atoms with van der Waals surface area (Å²) in [5.74, 6) is 0.0663. The molecule has 1 aliphatic rings. The quantitative estimate of drug-likeness (QED) is 0.890. The monoisotopic (exact) mass is 377 g/mol. The highest BCUT2D eigenvalue weighted by Gasteiger charge is 2.22. The summed E-state index contributed by atoms with van der Waals surface area (Å²) in [6.07, 6.45) is 1.86. The second kappa shape index (κ2) is 7.97. The molecule has 1 aliphatic heterocycles. The van der Waals surface area contributed by atoms with Crippen molar-refractivity contribution in [3.63, 3.8) is 0 Å². The highest BCUT2D eigenvalue weighted by atomic mass is 35.5. The molecule has 0 saturated carbocycles. The summed E-state index contributed by atoms with van der Waals surface area (Å²) in [6, 6.07) is 7.68. The lowest BCUT2D eigenvalue weighted by molar-refractivity contribution is -0.130. The van der Waals surface area contributed by atoms with Crippen molar-refractivity contribution in [2.45, 2.75) is 32.2 Å². The molecule has 5 nitrogen and oxygen atoms in total. The average Bonchev–Trinajstić information content (AvgIpc) is 3.03. The molecule has 2 aromatic rings. The van der Waals surface area contributed by atoms with Gasteiger partial charge in [-0.15, -0.1) is 11.3 Å². The summed E-state index contributed by atoms with van der Waals surface area (Å²) >= 11 is 7.68. The van der Waals surface area contributed by atoms with Gasteiger partial charge in [-0.05, 0) is 18.9 Å². The number of carbonyl (C=O) groups is 2. The summed E-state index contributed by atoms with van der Waals surface area (Å²) in [6.45, 7) is 2.99. The van der Waals surface area contributed by atoms with Crippen LogP contribution in [0.3, 0.4) is 0 Å². The van der Waals surface area contributed by atoms with Crippen LogP contribution in [0.5, 0.6) is 0 Å². The maximum atomic E-state index is 12.3. The molecule has 2 amide bonds. The Balaban J connectivity index is 1.54. The molecule has 2 heterocycles. The van der Waals surface area contributed by atoms with Gasteiger partial charge >= 0.3 is 0 Å². The number of likely N-dealkylation sites (tertiary alicyclic amines) is 1. The van der Waals surface area contributed by atoms with E-state index in [1.54, 1.807) is 6.92 Å². The van der Waals surface area contributed by atoms with E-state index in [4.69, 9.17) is 11.6 Å². The van der Waals surface area contributed by atoms with Gasteiger partial charge in [0.25, 0.3) is 0 Å². The first-order valence-corrected chi connectivity index (χ1v) is 9.53. The van der Waals surface area contributed by atoms with Crippen LogP contribution in [-0.4, -0.2) is 40.8 Å². The third kappa shape index (κ3) is 4.58. The van der Waals surface area contributed by atoms with E-state index in [1.807, 2.05) is 34.5 Å². The van der Waals surface area contributed by atoms with Gasteiger partial charge in [0, 0.05) is 37.0 Å². The Hall–Kier alpha value is -1.92. The fourth-order valence-electron chi connectivity index (χ4n) is 2.93. The summed E-state index contributed by atoms with van der Waals surface area (Å²) in [5.41, 5.74) is 1.64. The normalized spacial score (nSPS) is 15.2. The van der Waals surface area contributed by atoms with E-state index < -0.39 is 0 Å². The van der Waals surface area contributed by atoms with Gasteiger partial charge in [0.05, 0.1) is 17.1 Å². The number of aromatic nitrogens is 1. The van der Waals surface area contributed by atoms with Crippen molar-refractivity contribution in [3.8, 4) is 10.6 Å². The fraction of sp³-hybridized carbons (Fsp3) is 0.389. The predicted molar refractivity (Wildman–Crippen MR) is 99.7 cm³/mol. The van der Waals surface area contributed by atoms with Crippen LogP contribution in [0.4, 0.5) is 0 Å². The van der Waals surface area contributed by atoms with Crippen molar-refractivity contribution in [2.75, 3.05) is 13.1 Å². The van der Waals surface area contributed by atoms with Crippen LogP contribution in [0.1, 0.15) is 25.5 Å². The minimum atomic E-state index is -0.0303. The van der Waals surface area contributed by atoms with Gasteiger partial charge < -0.3 is 10.2 Å². The average molecular weight is 378 g/mol. The molecule has 0 bridgehead atoms. The molecule has 0 aliphatic carbocycles. The number of amides is 2.